The van der Waals surface area contributed by atoms with Crippen LogP contribution in [0.25, 0.3) is 16.9 Å². The number of carbonyl (C=O) groups is 1. The SMILES string of the molecule is CC(=O)Nc1cn2nc(-c3cccc(S(C)(=O)=O)c3)ccc2n1. The first-order valence-corrected chi connectivity index (χ1v) is 8.66. The number of fused-ring (bicyclic) bond motifs is 1. The van der Waals surface area contributed by atoms with Crippen LogP contribution in [0.3, 0.4) is 0 Å². The third-order valence-electron chi connectivity index (χ3n) is 3.18. The van der Waals surface area contributed by atoms with Gasteiger partial charge in [0.05, 0.1) is 16.8 Å². The first kappa shape index (κ1) is 15.2. The quantitative estimate of drug-likeness (QED) is 0.790. The summed E-state index contributed by atoms with van der Waals surface area (Å²) < 4.78 is 24.9. The number of hydrogen-bond donors (Lipinski definition) is 1. The van der Waals surface area contributed by atoms with E-state index in [1.807, 2.05) is 0 Å². The van der Waals surface area contributed by atoms with Gasteiger partial charge in [0, 0.05) is 18.7 Å². The fraction of sp³-hybridized carbons (Fsp3) is 0.133. The second kappa shape index (κ2) is 5.47. The number of nitrogens with zero attached hydrogens (tertiary/aromatic N) is 3. The molecular weight excluding hydrogens is 316 g/mol. The summed E-state index contributed by atoms with van der Waals surface area (Å²) in [5.74, 6) is 0.196. The highest BCUT2D eigenvalue weighted by Gasteiger charge is 2.10. The van der Waals surface area contributed by atoms with E-state index in [1.165, 1.54) is 11.4 Å². The molecule has 0 aliphatic rings. The lowest BCUT2D eigenvalue weighted by atomic mass is 10.1. The molecule has 0 atom stereocenters. The average Bonchev–Trinajstić information content (AvgIpc) is 2.86. The number of imidazole rings is 1. The molecule has 0 aliphatic carbocycles. The molecule has 3 aromatic rings. The van der Waals surface area contributed by atoms with Crippen molar-refractivity contribution in [1.29, 1.82) is 0 Å². The molecule has 0 fully saturated rings. The highest BCUT2D eigenvalue weighted by Crippen LogP contribution is 2.21. The smallest absolute Gasteiger partial charge is 0.222 e. The molecule has 2 aromatic heterocycles. The Bertz CT molecular complexity index is 1010. The van der Waals surface area contributed by atoms with Gasteiger partial charge < -0.3 is 5.32 Å². The minimum absolute atomic E-state index is 0.213. The number of amides is 1. The molecule has 0 radical (unpaired) electrons. The normalized spacial score (nSPS) is 11.6. The average molecular weight is 330 g/mol. The number of rotatable bonds is 3. The Kier molecular flexibility index (Phi) is 3.61. The van der Waals surface area contributed by atoms with E-state index in [0.717, 1.165) is 6.26 Å². The zero-order valence-corrected chi connectivity index (χ0v) is 13.3. The van der Waals surface area contributed by atoms with Crippen LogP contribution < -0.4 is 5.32 Å². The van der Waals surface area contributed by atoms with Gasteiger partial charge in [0.2, 0.25) is 5.91 Å². The van der Waals surface area contributed by atoms with Gasteiger partial charge in [-0.2, -0.15) is 5.10 Å². The lowest BCUT2D eigenvalue weighted by Crippen LogP contribution is -2.05. The van der Waals surface area contributed by atoms with Crippen LogP contribution in [-0.2, 0) is 14.6 Å². The minimum Gasteiger partial charge on any atom is -0.310 e. The van der Waals surface area contributed by atoms with E-state index >= 15 is 0 Å². The second-order valence-corrected chi connectivity index (χ2v) is 7.14. The molecule has 0 aliphatic heterocycles. The van der Waals surface area contributed by atoms with E-state index in [1.54, 1.807) is 42.6 Å². The lowest BCUT2D eigenvalue weighted by molar-refractivity contribution is -0.114. The third-order valence-corrected chi connectivity index (χ3v) is 4.29. The van der Waals surface area contributed by atoms with Crippen LogP contribution in [0.5, 0.6) is 0 Å². The Morgan fingerprint density at radius 1 is 1.22 bits per heavy atom. The van der Waals surface area contributed by atoms with E-state index in [9.17, 15) is 13.2 Å². The van der Waals surface area contributed by atoms with Crippen LogP contribution in [0, 0.1) is 0 Å². The summed E-state index contributed by atoms with van der Waals surface area (Å²) in [4.78, 5) is 15.5. The number of benzene rings is 1. The van der Waals surface area contributed by atoms with Gasteiger partial charge in [-0.05, 0) is 24.3 Å². The highest BCUT2D eigenvalue weighted by atomic mass is 32.2. The lowest BCUT2D eigenvalue weighted by Gasteiger charge is -2.04. The summed E-state index contributed by atoms with van der Waals surface area (Å²) in [5, 5.41) is 7.00. The van der Waals surface area contributed by atoms with Gasteiger partial charge >= 0.3 is 0 Å². The molecule has 1 N–H and O–H groups in total. The molecule has 3 rings (SSSR count). The number of aromatic nitrogens is 3. The monoisotopic (exact) mass is 330 g/mol. The van der Waals surface area contributed by atoms with Crippen LogP contribution in [-0.4, -0.2) is 35.2 Å². The maximum atomic E-state index is 11.7. The zero-order valence-electron chi connectivity index (χ0n) is 12.5. The first-order valence-electron chi connectivity index (χ1n) is 6.77. The molecule has 8 heteroatoms. The second-order valence-electron chi connectivity index (χ2n) is 5.13. The van der Waals surface area contributed by atoms with Crippen molar-refractivity contribution in [2.75, 3.05) is 11.6 Å². The van der Waals surface area contributed by atoms with Gasteiger partial charge in [0.15, 0.2) is 21.3 Å². The van der Waals surface area contributed by atoms with Crippen molar-refractivity contribution in [1.82, 2.24) is 14.6 Å². The fourth-order valence-corrected chi connectivity index (χ4v) is 2.83. The standard InChI is InChI=1S/C15H14N4O3S/c1-10(20)16-14-9-19-15(17-14)7-6-13(18-19)11-4-3-5-12(8-11)23(2,21)22/h3-9H,1-2H3,(H,16,20). The van der Waals surface area contributed by atoms with E-state index in [-0.39, 0.29) is 10.8 Å². The van der Waals surface area contributed by atoms with Gasteiger partial charge in [-0.15, -0.1) is 0 Å². The van der Waals surface area contributed by atoms with Crippen molar-refractivity contribution in [2.45, 2.75) is 11.8 Å². The molecule has 23 heavy (non-hydrogen) atoms. The molecule has 0 bridgehead atoms. The van der Waals surface area contributed by atoms with Gasteiger partial charge in [0.25, 0.3) is 0 Å². The summed E-state index contributed by atoms with van der Waals surface area (Å²) in [6.07, 6.45) is 2.76. The van der Waals surface area contributed by atoms with Gasteiger partial charge in [-0.3, -0.25) is 4.79 Å². The number of carbonyl (C=O) groups excluding carboxylic acids is 1. The summed E-state index contributed by atoms with van der Waals surface area (Å²) in [6.45, 7) is 1.40. The molecule has 0 saturated heterocycles. The Hall–Kier alpha value is -2.74. The largest absolute Gasteiger partial charge is 0.310 e. The van der Waals surface area contributed by atoms with E-state index in [0.29, 0.717) is 22.7 Å². The predicted molar refractivity (Wildman–Crippen MR) is 85.8 cm³/mol. The highest BCUT2D eigenvalue weighted by molar-refractivity contribution is 7.90. The van der Waals surface area contributed by atoms with Crippen LogP contribution in [0.2, 0.25) is 0 Å². The maximum Gasteiger partial charge on any atom is 0.222 e. The molecule has 7 nitrogen and oxygen atoms in total. The van der Waals surface area contributed by atoms with Gasteiger partial charge in [-0.25, -0.2) is 17.9 Å². The molecule has 0 unspecified atom stereocenters. The van der Waals surface area contributed by atoms with Crippen molar-refractivity contribution >= 4 is 27.2 Å². The van der Waals surface area contributed by atoms with Crippen molar-refractivity contribution in [3.8, 4) is 11.3 Å². The summed E-state index contributed by atoms with van der Waals surface area (Å²) in [6, 6.07) is 10.1. The maximum absolute atomic E-state index is 11.7. The fourth-order valence-electron chi connectivity index (χ4n) is 2.16. The zero-order chi connectivity index (χ0) is 16.6. The first-order chi connectivity index (χ1) is 10.8. The molecule has 1 amide bonds. The third kappa shape index (κ3) is 3.21. The minimum atomic E-state index is -3.28. The van der Waals surface area contributed by atoms with Crippen LogP contribution in [0.1, 0.15) is 6.92 Å². The predicted octanol–water partition coefficient (Wildman–Crippen LogP) is 1.76. The van der Waals surface area contributed by atoms with Crippen molar-refractivity contribution < 1.29 is 13.2 Å². The van der Waals surface area contributed by atoms with E-state index < -0.39 is 9.84 Å². The molecule has 2 heterocycles. The number of nitrogens with one attached hydrogen (secondary N) is 1. The van der Waals surface area contributed by atoms with E-state index in [4.69, 9.17) is 0 Å². The molecule has 1 aromatic carbocycles. The molecule has 0 saturated carbocycles. The Morgan fingerprint density at radius 2 is 2.00 bits per heavy atom. The Labute approximate surface area is 132 Å². The number of anilines is 1. The van der Waals surface area contributed by atoms with Gasteiger partial charge in [-0.1, -0.05) is 12.1 Å². The summed E-state index contributed by atoms with van der Waals surface area (Å²) >= 11 is 0. The molecule has 0 spiro atoms. The number of hydrogen-bond acceptors (Lipinski definition) is 5. The van der Waals surface area contributed by atoms with Crippen LogP contribution in [0.4, 0.5) is 5.82 Å². The molecular formula is C15H14N4O3S. The van der Waals surface area contributed by atoms with E-state index in [2.05, 4.69) is 15.4 Å². The Morgan fingerprint density at radius 3 is 2.70 bits per heavy atom. The summed E-state index contributed by atoms with van der Waals surface area (Å²) in [5.41, 5.74) is 1.87. The van der Waals surface area contributed by atoms with Gasteiger partial charge in [0.1, 0.15) is 0 Å². The van der Waals surface area contributed by atoms with Crippen molar-refractivity contribution in [3.05, 3.63) is 42.6 Å². The van der Waals surface area contributed by atoms with Crippen molar-refractivity contribution in [2.24, 2.45) is 0 Å². The van der Waals surface area contributed by atoms with Crippen molar-refractivity contribution in [3.63, 3.8) is 0 Å². The molecule has 118 valence electrons. The topological polar surface area (TPSA) is 93.4 Å². The van der Waals surface area contributed by atoms with Crippen LogP contribution >= 0.6 is 0 Å². The number of sulfone groups is 1. The summed E-state index contributed by atoms with van der Waals surface area (Å²) in [7, 11) is -3.28. The van der Waals surface area contributed by atoms with Crippen LogP contribution in [0.15, 0.2) is 47.5 Å². The Balaban J connectivity index is 2.05.